The summed E-state index contributed by atoms with van der Waals surface area (Å²) in [6.45, 7) is 0.0201. The Morgan fingerprint density at radius 1 is 1.10 bits per heavy atom. The number of benzene rings is 2. The van der Waals surface area contributed by atoms with Crippen LogP contribution in [0.15, 0.2) is 42.5 Å². The molecule has 0 amide bonds. The predicted octanol–water partition coefficient (Wildman–Crippen LogP) is 4.27. The van der Waals surface area contributed by atoms with Crippen LogP contribution in [0.25, 0.3) is 0 Å². The molecule has 0 spiro atoms. The van der Waals surface area contributed by atoms with Crippen LogP contribution in [-0.2, 0) is 12.7 Å². The molecule has 0 radical (unpaired) electrons. The summed E-state index contributed by atoms with van der Waals surface area (Å²) in [7, 11) is 0. The normalized spacial score (nSPS) is 11.2. The van der Waals surface area contributed by atoms with E-state index in [4.69, 9.17) is 0 Å². The highest BCUT2D eigenvalue weighted by atomic mass is 19.4. The molecule has 21 heavy (non-hydrogen) atoms. The summed E-state index contributed by atoms with van der Waals surface area (Å²) < 4.78 is 51.3. The minimum atomic E-state index is -4.42. The van der Waals surface area contributed by atoms with Crippen molar-refractivity contribution in [1.29, 1.82) is 0 Å². The van der Waals surface area contributed by atoms with E-state index in [1.165, 1.54) is 24.3 Å². The van der Waals surface area contributed by atoms with Crippen LogP contribution in [0.3, 0.4) is 0 Å². The van der Waals surface area contributed by atoms with Crippen molar-refractivity contribution in [1.82, 2.24) is 0 Å². The summed E-state index contributed by atoms with van der Waals surface area (Å²) in [5, 5.41) is 2.72. The number of aldehydes is 1. The molecule has 0 saturated heterocycles. The van der Waals surface area contributed by atoms with Gasteiger partial charge in [0.15, 0.2) is 0 Å². The third kappa shape index (κ3) is 3.81. The standard InChI is InChI=1S/C15H11F4NO/c16-14-6-10(9-21)4-5-11(14)8-20-13-3-1-2-12(7-13)15(17,18)19/h1-7,9,20H,8H2. The molecule has 2 aromatic rings. The van der Waals surface area contributed by atoms with Gasteiger partial charge in [-0.1, -0.05) is 18.2 Å². The molecule has 2 nitrogen and oxygen atoms in total. The number of rotatable bonds is 4. The molecular weight excluding hydrogens is 286 g/mol. The highest BCUT2D eigenvalue weighted by Crippen LogP contribution is 2.30. The highest BCUT2D eigenvalue weighted by molar-refractivity contribution is 5.74. The fourth-order valence-electron chi connectivity index (χ4n) is 1.78. The van der Waals surface area contributed by atoms with Gasteiger partial charge in [0, 0.05) is 23.4 Å². The Hall–Kier alpha value is -2.37. The van der Waals surface area contributed by atoms with Gasteiger partial charge in [0.05, 0.1) is 5.56 Å². The highest BCUT2D eigenvalue weighted by Gasteiger charge is 2.30. The zero-order chi connectivity index (χ0) is 15.5. The second-order valence-corrected chi connectivity index (χ2v) is 4.40. The molecule has 0 aliphatic rings. The van der Waals surface area contributed by atoms with Crippen molar-refractivity contribution in [2.75, 3.05) is 5.32 Å². The third-order valence-corrected chi connectivity index (χ3v) is 2.89. The van der Waals surface area contributed by atoms with Crippen LogP contribution >= 0.6 is 0 Å². The maximum Gasteiger partial charge on any atom is 0.416 e. The SMILES string of the molecule is O=Cc1ccc(CNc2cccc(C(F)(F)F)c2)c(F)c1. The molecule has 2 rings (SSSR count). The number of alkyl halides is 3. The van der Waals surface area contributed by atoms with Crippen LogP contribution in [0.5, 0.6) is 0 Å². The molecule has 0 bridgehead atoms. The average Bonchev–Trinajstić information content (AvgIpc) is 2.45. The first kappa shape index (κ1) is 15.0. The van der Waals surface area contributed by atoms with Crippen LogP contribution in [-0.4, -0.2) is 6.29 Å². The van der Waals surface area contributed by atoms with Crippen molar-refractivity contribution in [2.24, 2.45) is 0 Å². The lowest BCUT2D eigenvalue weighted by molar-refractivity contribution is -0.137. The van der Waals surface area contributed by atoms with Crippen molar-refractivity contribution in [3.63, 3.8) is 0 Å². The Bertz CT molecular complexity index is 652. The molecule has 0 atom stereocenters. The molecule has 110 valence electrons. The molecule has 0 heterocycles. The third-order valence-electron chi connectivity index (χ3n) is 2.89. The maximum atomic E-state index is 13.6. The van der Waals surface area contributed by atoms with Gasteiger partial charge in [0.1, 0.15) is 12.1 Å². The lowest BCUT2D eigenvalue weighted by Crippen LogP contribution is -2.07. The zero-order valence-electron chi connectivity index (χ0n) is 10.7. The first-order valence-corrected chi connectivity index (χ1v) is 6.05. The molecular formula is C15H11F4NO. The van der Waals surface area contributed by atoms with Crippen LogP contribution in [0.2, 0.25) is 0 Å². The van der Waals surface area contributed by atoms with Crippen LogP contribution < -0.4 is 5.32 Å². The van der Waals surface area contributed by atoms with Gasteiger partial charge in [-0.05, 0) is 24.3 Å². The summed E-state index contributed by atoms with van der Waals surface area (Å²) in [6.07, 6.45) is -3.90. The largest absolute Gasteiger partial charge is 0.416 e. The fourth-order valence-corrected chi connectivity index (χ4v) is 1.78. The van der Waals surface area contributed by atoms with Gasteiger partial charge < -0.3 is 5.32 Å². The summed E-state index contributed by atoms with van der Waals surface area (Å²) in [5.74, 6) is -0.584. The summed E-state index contributed by atoms with van der Waals surface area (Å²) in [4.78, 5) is 10.5. The number of carbonyl (C=O) groups excluding carboxylic acids is 1. The first-order valence-electron chi connectivity index (χ1n) is 6.05. The Kier molecular flexibility index (Phi) is 4.26. The van der Waals surface area contributed by atoms with E-state index < -0.39 is 17.6 Å². The van der Waals surface area contributed by atoms with Gasteiger partial charge in [-0.15, -0.1) is 0 Å². The number of hydrogen-bond acceptors (Lipinski definition) is 2. The van der Waals surface area contributed by atoms with E-state index in [2.05, 4.69) is 5.32 Å². The smallest absolute Gasteiger partial charge is 0.381 e. The Balaban J connectivity index is 2.11. The van der Waals surface area contributed by atoms with E-state index in [9.17, 15) is 22.4 Å². The van der Waals surface area contributed by atoms with Crippen molar-refractivity contribution < 1.29 is 22.4 Å². The second kappa shape index (κ2) is 5.95. The predicted molar refractivity (Wildman–Crippen MR) is 70.6 cm³/mol. The molecule has 2 aromatic carbocycles. The zero-order valence-corrected chi connectivity index (χ0v) is 10.7. The summed E-state index contributed by atoms with van der Waals surface area (Å²) in [6, 6.07) is 8.60. The number of halogens is 4. The molecule has 0 aliphatic carbocycles. The molecule has 0 unspecified atom stereocenters. The topological polar surface area (TPSA) is 29.1 Å². The van der Waals surface area contributed by atoms with E-state index in [0.29, 0.717) is 6.29 Å². The van der Waals surface area contributed by atoms with E-state index in [1.807, 2.05) is 0 Å². The number of nitrogens with one attached hydrogen (secondary N) is 1. The Labute approximate surface area is 118 Å². The number of carbonyl (C=O) groups is 1. The van der Waals surface area contributed by atoms with Crippen molar-refractivity contribution in [3.8, 4) is 0 Å². The maximum absolute atomic E-state index is 13.6. The molecule has 0 aliphatic heterocycles. The summed E-state index contributed by atoms with van der Waals surface area (Å²) in [5.41, 5.74) is -0.0682. The molecule has 6 heteroatoms. The van der Waals surface area contributed by atoms with E-state index in [0.717, 1.165) is 18.2 Å². The molecule has 0 aromatic heterocycles. The Morgan fingerprint density at radius 3 is 2.48 bits per heavy atom. The van der Waals surface area contributed by atoms with Crippen molar-refractivity contribution in [2.45, 2.75) is 12.7 Å². The molecule has 0 saturated carbocycles. The second-order valence-electron chi connectivity index (χ2n) is 4.40. The fraction of sp³-hybridized carbons (Fsp3) is 0.133. The van der Waals surface area contributed by atoms with Crippen molar-refractivity contribution >= 4 is 12.0 Å². The van der Waals surface area contributed by atoms with Gasteiger partial charge in [0.2, 0.25) is 0 Å². The van der Waals surface area contributed by atoms with Crippen LogP contribution in [0.4, 0.5) is 23.2 Å². The number of anilines is 1. The molecule has 0 fully saturated rings. The van der Waals surface area contributed by atoms with Gasteiger partial charge in [-0.3, -0.25) is 4.79 Å². The minimum absolute atomic E-state index is 0.0201. The van der Waals surface area contributed by atoms with E-state index in [1.54, 1.807) is 0 Å². The summed E-state index contributed by atoms with van der Waals surface area (Å²) >= 11 is 0. The number of hydrogen-bond donors (Lipinski definition) is 1. The quantitative estimate of drug-likeness (QED) is 0.674. The van der Waals surface area contributed by atoms with Crippen LogP contribution in [0.1, 0.15) is 21.5 Å². The lowest BCUT2D eigenvalue weighted by atomic mass is 10.1. The van der Waals surface area contributed by atoms with Crippen molar-refractivity contribution in [3.05, 3.63) is 65.0 Å². The van der Waals surface area contributed by atoms with E-state index >= 15 is 0 Å². The van der Waals surface area contributed by atoms with Gasteiger partial charge in [-0.25, -0.2) is 4.39 Å². The monoisotopic (exact) mass is 297 g/mol. The van der Waals surface area contributed by atoms with Crippen LogP contribution in [0, 0.1) is 5.82 Å². The van der Waals surface area contributed by atoms with Gasteiger partial charge in [-0.2, -0.15) is 13.2 Å². The minimum Gasteiger partial charge on any atom is -0.381 e. The van der Waals surface area contributed by atoms with Gasteiger partial charge >= 0.3 is 6.18 Å². The Morgan fingerprint density at radius 2 is 1.86 bits per heavy atom. The van der Waals surface area contributed by atoms with E-state index in [-0.39, 0.29) is 23.4 Å². The lowest BCUT2D eigenvalue weighted by Gasteiger charge is -2.11. The average molecular weight is 297 g/mol. The van der Waals surface area contributed by atoms with Gasteiger partial charge in [0.25, 0.3) is 0 Å². The molecule has 1 N–H and O–H groups in total. The first-order chi connectivity index (χ1) is 9.90.